The molecule has 0 atom stereocenters. The van der Waals surface area contributed by atoms with Gasteiger partial charge in [0, 0.05) is 11.8 Å². The molecule has 1 aromatic carbocycles. The molecule has 0 spiro atoms. The summed E-state index contributed by atoms with van der Waals surface area (Å²) in [5.74, 6) is 0.441. The summed E-state index contributed by atoms with van der Waals surface area (Å²) in [6.07, 6.45) is 1.40. The van der Waals surface area contributed by atoms with Crippen LogP contribution in [0.2, 0.25) is 10.0 Å². The van der Waals surface area contributed by atoms with Crippen molar-refractivity contribution < 1.29 is 9.21 Å². The van der Waals surface area contributed by atoms with E-state index in [4.69, 9.17) is 27.6 Å². The van der Waals surface area contributed by atoms with Crippen molar-refractivity contribution in [2.75, 3.05) is 11.1 Å². The second kappa shape index (κ2) is 7.65. The molecule has 0 aliphatic heterocycles. The van der Waals surface area contributed by atoms with Crippen LogP contribution in [0, 0.1) is 0 Å². The van der Waals surface area contributed by atoms with E-state index >= 15 is 0 Å². The molecule has 0 saturated carbocycles. The number of amides is 1. The minimum Gasteiger partial charge on any atom is -0.411 e. The first-order valence-electron chi connectivity index (χ1n) is 6.74. The number of nitrogens with zero attached hydrogens (tertiary/aromatic N) is 3. The summed E-state index contributed by atoms with van der Waals surface area (Å²) in [5.41, 5.74) is 0.818. The minimum atomic E-state index is -0.295. The third-order valence-corrected chi connectivity index (χ3v) is 4.13. The van der Waals surface area contributed by atoms with Gasteiger partial charge in [-0.25, -0.2) is 4.98 Å². The highest BCUT2D eigenvalue weighted by Gasteiger charge is 2.12. The molecule has 1 N–H and O–H groups in total. The van der Waals surface area contributed by atoms with Crippen molar-refractivity contribution in [2.24, 2.45) is 0 Å². The lowest BCUT2D eigenvalue weighted by Crippen LogP contribution is -2.15. The number of carbonyl (C=O) groups excluding carboxylic acids is 1. The number of pyridine rings is 1. The van der Waals surface area contributed by atoms with Crippen LogP contribution in [0.1, 0.15) is 0 Å². The Kier molecular flexibility index (Phi) is 5.34. The third kappa shape index (κ3) is 4.25. The second-order valence-corrected chi connectivity index (χ2v) is 6.33. The van der Waals surface area contributed by atoms with Crippen LogP contribution in [-0.2, 0) is 4.79 Å². The van der Waals surface area contributed by atoms with Gasteiger partial charge in [-0.05, 0) is 18.2 Å². The molecule has 0 radical (unpaired) electrons. The first-order chi connectivity index (χ1) is 11.6. The van der Waals surface area contributed by atoms with Gasteiger partial charge >= 0.3 is 0 Å². The number of hydrogen-bond donors (Lipinski definition) is 1. The van der Waals surface area contributed by atoms with Gasteiger partial charge < -0.3 is 9.73 Å². The van der Waals surface area contributed by atoms with Crippen LogP contribution in [0.5, 0.6) is 0 Å². The zero-order chi connectivity index (χ0) is 16.9. The summed E-state index contributed by atoms with van der Waals surface area (Å²) in [6, 6.07) is 10.9. The Hall–Kier alpha value is -2.09. The fourth-order valence-electron chi connectivity index (χ4n) is 1.77. The quantitative estimate of drug-likeness (QED) is 0.668. The summed E-state index contributed by atoms with van der Waals surface area (Å²) in [6.45, 7) is 0. The standard InChI is InChI=1S/C15H10Cl2N4O2S/c16-10-6-11(17)13(18-7-10)19-12(22)8-24-15-21-20-14(23-15)9-4-2-1-3-5-9/h1-7H,8H2,(H,18,19,22). The monoisotopic (exact) mass is 380 g/mol. The summed E-state index contributed by atoms with van der Waals surface area (Å²) in [4.78, 5) is 15.9. The molecular formula is C15H10Cl2N4O2S. The minimum absolute atomic E-state index is 0.0804. The fourth-order valence-corrected chi connectivity index (χ4v) is 2.76. The van der Waals surface area contributed by atoms with Crippen molar-refractivity contribution in [3.63, 3.8) is 0 Å². The van der Waals surface area contributed by atoms with E-state index in [9.17, 15) is 4.79 Å². The first-order valence-corrected chi connectivity index (χ1v) is 8.48. The van der Waals surface area contributed by atoms with E-state index in [0.29, 0.717) is 16.1 Å². The van der Waals surface area contributed by atoms with Crippen LogP contribution in [0.25, 0.3) is 11.5 Å². The number of thioether (sulfide) groups is 1. The molecule has 6 nitrogen and oxygen atoms in total. The van der Waals surface area contributed by atoms with E-state index < -0.39 is 0 Å². The molecule has 24 heavy (non-hydrogen) atoms. The van der Waals surface area contributed by atoms with Crippen LogP contribution in [0.3, 0.4) is 0 Å². The Balaban J connectivity index is 1.58. The smallest absolute Gasteiger partial charge is 0.277 e. The number of halogens is 2. The van der Waals surface area contributed by atoms with Gasteiger partial charge in [0.05, 0.1) is 15.8 Å². The molecule has 1 amide bonds. The van der Waals surface area contributed by atoms with Gasteiger partial charge in [-0.3, -0.25) is 4.79 Å². The number of aromatic nitrogens is 3. The number of rotatable bonds is 5. The molecule has 9 heteroatoms. The summed E-state index contributed by atoms with van der Waals surface area (Å²) in [5, 5.41) is 11.4. The molecule has 3 rings (SSSR count). The lowest BCUT2D eigenvalue weighted by Gasteiger charge is -2.05. The Labute approximate surface area is 151 Å². The number of anilines is 1. The summed E-state index contributed by atoms with van der Waals surface area (Å²) < 4.78 is 5.51. The van der Waals surface area contributed by atoms with Crippen molar-refractivity contribution in [3.05, 3.63) is 52.6 Å². The SMILES string of the molecule is O=C(CSc1nnc(-c2ccccc2)o1)Nc1ncc(Cl)cc1Cl. The zero-order valence-electron chi connectivity index (χ0n) is 12.1. The third-order valence-electron chi connectivity index (χ3n) is 2.82. The summed E-state index contributed by atoms with van der Waals surface area (Å²) in [7, 11) is 0. The molecule has 122 valence electrons. The Morgan fingerprint density at radius 1 is 1.21 bits per heavy atom. The molecule has 0 bridgehead atoms. The topological polar surface area (TPSA) is 80.9 Å². The summed E-state index contributed by atoms with van der Waals surface area (Å²) >= 11 is 12.8. The number of hydrogen-bond acceptors (Lipinski definition) is 6. The van der Waals surface area contributed by atoms with Gasteiger partial charge in [0.2, 0.25) is 11.8 Å². The maximum Gasteiger partial charge on any atom is 0.277 e. The zero-order valence-corrected chi connectivity index (χ0v) is 14.4. The maximum atomic E-state index is 11.9. The number of benzene rings is 1. The molecular weight excluding hydrogens is 371 g/mol. The Bertz CT molecular complexity index is 858. The van der Waals surface area contributed by atoms with Gasteiger partial charge in [0.25, 0.3) is 5.22 Å². The van der Waals surface area contributed by atoms with E-state index in [2.05, 4.69) is 20.5 Å². The van der Waals surface area contributed by atoms with Crippen LogP contribution in [-0.4, -0.2) is 26.8 Å². The highest BCUT2D eigenvalue weighted by Crippen LogP contribution is 2.25. The molecule has 0 fully saturated rings. The lowest BCUT2D eigenvalue weighted by atomic mass is 10.2. The average Bonchev–Trinajstić information content (AvgIpc) is 3.05. The van der Waals surface area contributed by atoms with Crippen LogP contribution in [0.15, 0.2) is 52.2 Å². The molecule has 2 aromatic heterocycles. The Morgan fingerprint density at radius 2 is 2.00 bits per heavy atom. The molecule has 0 aliphatic rings. The highest BCUT2D eigenvalue weighted by atomic mass is 35.5. The molecule has 0 unspecified atom stereocenters. The van der Waals surface area contributed by atoms with Crippen molar-refractivity contribution >= 4 is 46.7 Å². The lowest BCUT2D eigenvalue weighted by molar-refractivity contribution is -0.113. The van der Waals surface area contributed by atoms with E-state index in [1.807, 2.05) is 30.3 Å². The van der Waals surface area contributed by atoms with Crippen molar-refractivity contribution in [3.8, 4) is 11.5 Å². The van der Waals surface area contributed by atoms with E-state index in [1.54, 1.807) is 0 Å². The van der Waals surface area contributed by atoms with Crippen LogP contribution < -0.4 is 5.32 Å². The first kappa shape index (κ1) is 16.8. The van der Waals surface area contributed by atoms with Crippen molar-refractivity contribution in [2.45, 2.75) is 5.22 Å². The second-order valence-electron chi connectivity index (χ2n) is 4.56. The predicted molar refractivity (Wildman–Crippen MR) is 93.3 cm³/mol. The van der Waals surface area contributed by atoms with Crippen LogP contribution in [0.4, 0.5) is 5.82 Å². The van der Waals surface area contributed by atoms with Gasteiger partial charge in [-0.15, -0.1) is 10.2 Å². The van der Waals surface area contributed by atoms with Gasteiger partial charge in [-0.2, -0.15) is 0 Å². The average molecular weight is 381 g/mol. The molecule has 2 heterocycles. The molecule has 0 aliphatic carbocycles. The normalized spacial score (nSPS) is 10.6. The fraction of sp³-hybridized carbons (Fsp3) is 0.0667. The largest absolute Gasteiger partial charge is 0.411 e. The van der Waals surface area contributed by atoms with Crippen LogP contribution >= 0.6 is 35.0 Å². The Morgan fingerprint density at radius 3 is 2.75 bits per heavy atom. The van der Waals surface area contributed by atoms with E-state index in [1.165, 1.54) is 12.3 Å². The number of carbonyl (C=O) groups is 1. The van der Waals surface area contributed by atoms with Crippen molar-refractivity contribution in [1.29, 1.82) is 0 Å². The van der Waals surface area contributed by atoms with Gasteiger partial charge in [0.1, 0.15) is 0 Å². The molecule has 0 saturated heterocycles. The van der Waals surface area contributed by atoms with Gasteiger partial charge in [0.15, 0.2) is 5.82 Å². The highest BCUT2D eigenvalue weighted by molar-refractivity contribution is 7.99. The number of nitrogens with one attached hydrogen (secondary N) is 1. The van der Waals surface area contributed by atoms with Gasteiger partial charge in [-0.1, -0.05) is 53.2 Å². The van der Waals surface area contributed by atoms with Crippen molar-refractivity contribution in [1.82, 2.24) is 15.2 Å². The van der Waals surface area contributed by atoms with E-state index in [0.717, 1.165) is 17.3 Å². The predicted octanol–water partition coefficient (Wildman–Crippen LogP) is 4.17. The maximum absolute atomic E-state index is 11.9. The molecule has 3 aromatic rings. The van der Waals surface area contributed by atoms with E-state index in [-0.39, 0.29) is 22.5 Å².